The summed E-state index contributed by atoms with van der Waals surface area (Å²) in [6, 6.07) is 12.6. The topological polar surface area (TPSA) is 58.3 Å². The number of rotatable bonds is 4. The summed E-state index contributed by atoms with van der Waals surface area (Å²) in [6.45, 7) is 6.46. The lowest BCUT2D eigenvalue weighted by Crippen LogP contribution is -2.40. The summed E-state index contributed by atoms with van der Waals surface area (Å²) in [5, 5.41) is 3.42. The molecule has 1 N–H and O–H groups in total. The lowest BCUT2D eigenvalue weighted by atomic mass is 10.2. The fourth-order valence-corrected chi connectivity index (χ4v) is 3.39. The molecule has 0 amide bonds. The van der Waals surface area contributed by atoms with Crippen molar-refractivity contribution in [2.45, 2.75) is 26.8 Å². The minimum Gasteiger partial charge on any atom is -0.356 e. The zero-order valence-electron chi connectivity index (χ0n) is 15.8. The Morgan fingerprint density at radius 3 is 2.81 bits per heavy atom. The van der Waals surface area contributed by atoms with Crippen LogP contribution >= 0.6 is 0 Å². The van der Waals surface area contributed by atoms with Gasteiger partial charge in [0.25, 0.3) is 0 Å². The fraction of sp³-hybridized carbons (Fsp3) is 0.286. The normalized spacial score (nSPS) is 13.7. The Kier molecular flexibility index (Phi) is 4.87. The van der Waals surface area contributed by atoms with Gasteiger partial charge in [-0.05, 0) is 43.5 Å². The van der Waals surface area contributed by atoms with Crippen LogP contribution in [-0.4, -0.2) is 33.6 Å². The molecule has 0 saturated carbocycles. The lowest BCUT2D eigenvalue weighted by Gasteiger charge is -2.22. The van der Waals surface area contributed by atoms with Gasteiger partial charge in [-0.15, -0.1) is 0 Å². The summed E-state index contributed by atoms with van der Waals surface area (Å²) in [7, 11) is 0. The van der Waals surface area contributed by atoms with Crippen molar-refractivity contribution in [3.63, 3.8) is 0 Å². The first kappa shape index (κ1) is 17.3. The molecular formula is C21H24N6. The van der Waals surface area contributed by atoms with Crippen LogP contribution in [0.1, 0.15) is 23.9 Å². The number of aromatic nitrogens is 3. The maximum Gasteiger partial charge on any atom is 0.198 e. The highest BCUT2D eigenvalue weighted by molar-refractivity contribution is 5.97. The summed E-state index contributed by atoms with van der Waals surface area (Å²) < 4.78 is 1.97. The lowest BCUT2D eigenvalue weighted by molar-refractivity contribution is 0.878. The van der Waals surface area contributed by atoms with Gasteiger partial charge in [0.05, 0.1) is 6.54 Å². The number of hydrogen-bond acceptors (Lipinski definition) is 3. The first-order chi connectivity index (χ1) is 13.3. The third kappa shape index (κ3) is 3.56. The second kappa shape index (κ2) is 7.61. The van der Waals surface area contributed by atoms with Crippen LogP contribution in [0.5, 0.6) is 0 Å². The van der Waals surface area contributed by atoms with Crippen molar-refractivity contribution >= 4 is 11.6 Å². The first-order valence-electron chi connectivity index (χ1n) is 9.35. The minimum atomic E-state index is 0.594. The van der Waals surface area contributed by atoms with Crippen molar-refractivity contribution in [2.75, 3.05) is 18.0 Å². The van der Waals surface area contributed by atoms with E-state index in [1.807, 2.05) is 30.0 Å². The Hall–Kier alpha value is -3.15. The third-order valence-corrected chi connectivity index (χ3v) is 4.77. The van der Waals surface area contributed by atoms with E-state index in [1.54, 1.807) is 6.20 Å². The predicted octanol–water partition coefficient (Wildman–Crippen LogP) is 3.10. The number of pyridine rings is 1. The standard InChI is InChI=1S/C21H24N6/c1-3-22-21(27-12-10-18-6-4-5-7-19(18)27)25-15-17-8-9-20(24-14-17)26-13-11-23-16(26)2/h4-9,11,13-14H,3,10,12,15H2,1-2H3,(H,22,25). The van der Waals surface area contributed by atoms with Crippen LogP contribution in [-0.2, 0) is 13.0 Å². The van der Waals surface area contributed by atoms with Crippen LogP contribution in [0, 0.1) is 6.92 Å². The zero-order chi connectivity index (χ0) is 18.6. The van der Waals surface area contributed by atoms with Gasteiger partial charge in [-0.1, -0.05) is 24.3 Å². The maximum absolute atomic E-state index is 4.85. The number of imidazole rings is 1. The van der Waals surface area contributed by atoms with E-state index < -0.39 is 0 Å². The Labute approximate surface area is 159 Å². The van der Waals surface area contributed by atoms with Crippen molar-refractivity contribution in [2.24, 2.45) is 4.99 Å². The maximum atomic E-state index is 4.85. The van der Waals surface area contributed by atoms with E-state index in [-0.39, 0.29) is 0 Å². The van der Waals surface area contributed by atoms with E-state index in [9.17, 15) is 0 Å². The van der Waals surface area contributed by atoms with E-state index in [0.717, 1.165) is 42.7 Å². The number of hydrogen-bond donors (Lipinski definition) is 1. The van der Waals surface area contributed by atoms with Crippen molar-refractivity contribution in [1.29, 1.82) is 0 Å². The number of nitrogens with one attached hydrogen (secondary N) is 1. The molecule has 6 nitrogen and oxygen atoms in total. The highest BCUT2D eigenvalue weighted by atomic mass is 15.3. The van der Waals surface area contributed by atoms with E-state index in [2.05, 4.69) is 57.4 Å². The molecule has 2 aromatic heterocycles. The van der Waals surface area contributed by atoms with Gasteiger partial charge in [-0.2, -0.15) is 0 Å². The number of aryl methyl sites for hydroxylation is 1. The molecule has 1 aliphatic rings. The summed E-state index contributed by atoms with van der Waals surface area (Å²) in [6.07, 6.45) is 6.65. The van der Waals surface area contributed by atoms with Crippen LogP contribution in [0.25, 0.3) is 5.82 Å². The molecule has 0 radical (unpaired) electrons. The number of benzene rings is 1. The number of anilines is 1. The molecule has 0 spiro atoms. The summed E-state index contributed by atoms with van der Waals surface area (Å²) >= 11 is 0. The van der Waals surface area contributed by atoms with E-state index in [1.165, 1.54) is 11.3 Å². The molecule has 1 aliphatic heterocycles. The summed E-state index contributed by atoms with van der Waals surface area (Å²) in [5.41, 5.74) is 3.71. The number of para-hydroxylation sites is 1. The zero-order valence-corrected chi connectivity index (χ0v) is 15.8. The van der Waals surface area contributed by atoms with Gasteiger partial charge in [0.2, 0.25) is 0 Å². The second-order valence-corrected chi connectivity index (χ2v) is 6.57. The molecule has 0 saturated heterocycles. The molecule has 0 bridgehead atoms. The van der Waals surface area contributed by atoms with Crippen LogP contribution in [0.2, 0.25) is 0 Å². The van der Waals surface area contributed by atoms with Crippen LogP contribution in [0.3, 0.4) is 0 Å². The quantitative estimate of drug-likeness (QED) is 0.574. The van der Waals surface area contributed by atoms with Gasteiger partial charge in [0, 0.05) is 37.4 Å². The van der Waals surface area contributed by atoms with E-state index >= 15 is 0 Å². The second-order valence-electron chi connectivity index (χ2n) is 6.57. The largest absolute Gasteiger partial charge is 0.356 e. The molecule has 0 aliphatic carbocycles. The van der Waals surface area contributed by atoms with Crippen molar-refractivity contribution in [3.05, 3.63) is 71.9 Å². The van der Waals surface area contributed by atoms with Gasteiger partial charge >= 0.3 is 0 Å². The van der Waals surface area contributed by atoms with Gasteiger partial charge in [-0.3, -0.25) is 4.57 Å². The van der Waals surface area contributed by atoms with E-state index in [0.29, 0.717) is 6.54 Å². The number of guanidine groups is 1. The van der Waals surface area contributed by atoms with E-state index in [4.69, 9.17) is 4.99 Å². The number of fused-ring (bicyclic) bond motifs is 1. The summed E-state index contributed by atoms with van der Waals surface area (Å²) in [5.74, 6) is 2.73. The molecule has 1 aromatic carbocycles. The molecule has 3 aromatic rings. The van der Waals surface area contributed by atoms with Crippen LogP contribution < -0.4 is 10.2 Å². The Morgan fingerprint density at radius 2 is 2.07 bits per heavy atom. The molecule has 0 fully saturated rings. The van der Waals surface area contributed by atoms with Gasteiger partial charge in [0.1, 0.15) is 11.6 Å². The Bertz CT molecular complexity index is 941. The van der Waals surface area contributed by atoms with Gasteiger partial charge in [-0.25, -0.2) is 15.0 Å². The smallest absolute Gasteiger partial charge is 0.198 e. The molecule has 138 valence electrons. The molecule has 4 rings (SSSR count). The van der Waals surface area contributed by atoms with Gasteiger partial charge < -0.3 is 10.2 Å². The molecule has 6 heteroatoms. The molecule has 27 heavy (non-hydrogen) atoms. The number of nitrogens with zero attached hydrogens (tertiary/aromatic N) is 5. The highest BCUT2D eigenvalue weighted by Crippen LogP contribution is 2.27. The van der Waals surface area contributed by atoms with Gasteiger partial charge in [0.15, 0.2) is 5.96 Å². The average molecular weight is 360 g/mol. The Balaban J connectivity index is 1.52. The molecule has 3 heterocycles. The monoisotopic (exact) mass is 360 g/mol. The fourth-order valence-electron chi connectivity index (χ4n) is 3.39. The first-order valence-corrected chi connectivity index (χ1v) is 9.35. The summed E-state index contributed by atoms with van der Waals surface area (Å²) in [4.78, 5) is 15.9. The molecule has 0 unspecified atom stereocenters. The average Bonchev–Trinajstić information content (AvgIpc) is 3.32. The molecule has 0 atom stereocenters. The number of aliphatic imine (C=N–C) groups is 1. The minimum absolute atomic E-state index is 0.594. The SMILES string of the molecule is CCNC(=NCc1ccc(-n2ccnc2C)nc1)N1CCc2ccccc21. The highest BCUT2D eigenvalue weighted by Gasteiger charge is 2.22. The van der Waals surface area contributed by atoms with Crippen molar-refractivity contribution < 1.29 is 0 Å². The third-order valence-electron chi connectivity index (χ3n) is 4.77. The van der Waals surface area contributed by atoms with Crippen molar-refractivity contribution in [3.8, 4) is 5.82 Å². The predicted molar refractivity (Wildman–Crippen MR) is 108 cm³/mol. The van der Waals surface area contributed by atoms with Crippen LogP contribution in [0.15, 0.2) is 60.0 Å². The van der Waals surface area contributed by atoms with Crippen LogP contribution in [0.4, 0.5) is 5.69 Å². The Morgan fingerprint density at radius 1 is 1.19 bits per heavy atom. The molecular weight excluding hydrogens is 336 g/mol. The van der Waals surface area contributed by atoms with Crippen molar-refractivity contribution in [1.82, 2.24) is 19.9 Å².